The molecule has 9 heteroatoms. The average Bonchev–Trinajstić information content (AvgIpc) is 2.23. The maximum atomic E-state index is 12.2. The molecule has 0 aliphatic heterocycles. The number of ether oxygens (including phenoxy) is 1. The van der Waals surface area contributed by atoms with Crippen LogP contribution in [0.3, 0.4) is 0 Å². The minimum absolute atomic E-state index is 0.322. The summed E-state index contributed by atoms with van der Waals surface area (Å²) in [5.41, 5.74) is 5.76. The molecular weight excluding hydrogens is 278 g/mol. The van der Waals surface area contributed by atoms with Crippen LogP contribution in [0.15, 0.2) is 18.3 Å². The van der Waals surface area contributed by atoms with Gasteiger partial charge < -0.3 is 10.5 Å². The Labute approximate surface area is 104 Å². The van der Waals surface area contributed by atoms with E-state index in [2.05, 4.69) is 9.72 Å². The highest BCUT2D eigenvalue weighted by Gasteiger charge is 2.59. The van der Waals surface area contributed by atoms with Crippen LogP contribution in [-0.2, 0) is 0 Å². The van der Waals surface area contributed by atoms with Gasteiger partial charge in [0, 0.05) is 6.04 Å². The van der Waals surface area contributed by atoms with Gasteiger partial charge in [-0.2, -0.15) is 26.3 Å². The predicted molar refractivity (Wildman–Crippen MR) is 53.4 cm³/mol. The zero-order valence-corrected chi connectivity index (χ0v) is 9.59. The van der Waals surface area contributed by atoms with E-state index in [1.165, 1.54) is 6.07 Å². The number of hydrogen-bond acceptors (Lipinski definition) is 3. The van der Waals surface area contributed by atoms with E-state index in [1.54, 1.807) is 6.92 Å². The van der Waals surface area contributed by atoms with Crippen molar-refractivity contribution in [1.82, 2.24) is 4.98 Å². The highest BCUT2D eigenvalue weighted by Crippen LogP contribution is 2.36. The van der Waals surface area contributed by atoms with Crippen LogP contribution in [0.25, 0.3) is 0 Å². The van der Waals surface area contributed by atoms with E-state index in [0.29, 0.717) is 5.69 Å². The number of hydrogen-bond donors (Lipinski definition) is 1. The number of pyridine rings is 1. The summed E-state index contributed by atoms with van der Waals surface area (Å²) in [6.45, 7) is 1.57. The molecule has 1 aromatic rings. The molecule has 3 nitrogen and oxygen atoms in total. The summed E-state index contributed by atoms with van der Waals surface area (Å²) in [5.74, 6) is -0.635. The molecule has 0 bridgehead atoms. The third-order valence-electron chi connectivity index (χ3n) is 2.07. The summed E-state index contributed by atoms with van der Waals surface area (Å²) in [5, 5.41) is 0. The minimum Gasteiger partial charge on any atom is -0.470 e. The molecule has 19 heavy (non-hydrogen) atoms. The molecule has 0 radical (unpaired) electrons. The van der Waals surface area contributed by atoms with Crippen LogP contribution < -0.4 is 10.5 Å². The minimum atomic E-state index is -5.56. The maximum absolute atomic E-state index is 12.2. The number of halogens is 6. The molecule has 2 N–H and O–H groups in total. The second-order valence-electron chi connectivity index (χ2n) is 3.79. The Kier molecular flexibility index (Phi) is 4.28. The first-order valence-corrected chi connectivity index (χ1v) is 5.03. The van der Waals surface area contributed by atoms with Crippen LogP contribution in [0.2, 0.25) is 0 Å². The van der Waals surface area contributed by atoms with Crippen LogP contribution in [0, 0.1) is 0 Å². The molecule has 0 fully saturated rings. The van der Waals surface area contributed by atoms with E-state index in [-0.39, 0.29) is 0 Å². The van der Waals surface area contributed by atoms with Crippen molar-refractivity contribution in [1.29, 1.82) is 0 Å². The molecule has 1 heterocycles. The molecule has 0 aliphatic rings. The van der Waals surface area contributed by atoms with E-state index < -0.39 is 30.2 Å². The zero-order valence-electron chi connectivity index (χ0n) is 9.59. The third-order valence-corrected chi connectivity index (χ3v) is 2.07. The maximum Gasteiger partial charge on any atom is 0.434 e. The molecule has 0 aliphatic carbocycles. The Hall–Kier alpha value is -1.51. The topological polar surface area (TPSA) is 48.1 Å². The van der Waals surface area contributed by atoms with Crippen LogP contribution in [0.1, 0.15) is 18.7 Å². The molecule has 0 saturated carbocycles. The zero-order chi connectivity index (χ0) is 14.8. The Balaban J connectivity index is 2.92. The fourth-order valence-electron chi connectivity index (χ4n) is 1.19. The van der Waals surface area contributed by atoms with Crippen molar-refractivity contribution in [3.05, 3.63) is 24.0 Å². The molecule has 0 saturated heterocycles. The summed E-state index contributed by atoms with van der Waals surface area (Å²) in [6.07, 6.45) is -14.2. The predicted octanol–water partition coefficient (Wildman–Crippen LogP) is 2.97. The van der Waals surface area contributed by atoms with Crippen LogP contribution in [0.4, 0.5) is 26.3 Å². The normalized spacial score (nSPS) is 14.6. The van der Waals surface area contributed by atoms with Gasteiger partial charge in [0.1, 0.15) is 5.75 Å². The molecule has 0 spiro atoms. The van der Waals surface area contributed by atoms with Gasteiger partial charge in [-0.15, -0.1) is 0 Å². The molecule has 1 unspecified atom stereocenters. The van der Waals surface area contributed by atoms with E-state index in [1.807, 2.05) is 0 Å². The van der Waals surface area contributed by atoms with E-state index in [9.17, 15) is 26.3 Å². The largest absolute Gasteiger partial charge is 0.470 e. The molecule has 108 valence electrons. The summed E-state index contributed by atoms with van der Waals surface area (Å²) in [6, 6.07) is 1.66. The van der Waals surface area contributed by atoms with Crippen LogP contribution in [-0.4, -0.2) is 23.4 Å². The molecule has 0 amide bonds. The first-order chi connectivity index (χ1) is 8.51. The summed E-state index contributed by atoms with van der Waals surface area (Å²) in [4.78, 5) is 3.61. The van der Waals surface area contributed by atoms with E-state index in [0.717, 1.165) is 12.3 Å². The van der Waals surface area contributed by atoms with Gasteiger partial charge in [0.25, 0.3) is 6.10 Å². The van der Waals surface area contributed by atoms with Gasteiger partial charge in [0.2, 0.25) is 0 Å². The quantitative estimate of drug-likeness (QED) is 0.870. The molecule has 1 aromatic heterocycles. The fourth-order valence-corrected chi connectivity index (χ4v) is 1.19. The number of rotatable bonds is 3. The van der Waals surface area contributed by atoms with E-state index >= 15 is 0 Å². The van der Waals surface area contributed by atoms with Gasteiger partial charge in [-0.3, -0.25) is 4.98 Å². The average molecular weight is 288 g/mol. The van der Waals surface area contributed by atoms with Crippen molar-refractivity contribution in [2.45, 2.75) is 31.4 Å². The third kappa shape index (κ3) is 4.27. The Morgan fingerprint density at radius 2 is 1.63 bits per heavy atom. The second kappa shape index (κ2) is 5.24. The SMILES string of the molecule is CC(N)c1ccc(OC(C(F)(F)F)C(F)(F)F)cn1. The highest BCUT2D eigenvalue weighted by molar-refractivity contribution is 5.21. The highest BCUT2D eigenvalue weighted by atomic mass is 19.4. The lowest BCUT2D eigenvalue weighted by atomic mass is 10.2. The number of aromatic nitrogens is 1. The van der Waals surface area contributed by atoms with Crippen molar-refractivity contribution in [3.8, 4) is 5.75 Å². The first-order valence-electron chi connectivity index (χ1n) is 5.03. The van der Waals surface area contributed by atoms with Crippen molar-refractivity contribution < 1.29 is 31.1 Å². The van der Waals surface area contributed by atoms with Gasteiger partial charge in [-0.1, -0.05) is 0 Å². The van der Waals surface area contributed by atoms with Crippen molar-refractivity contribution in [3.63, 3.8) is 0 Å². The fraction of sp³-hybridized carbons (Fsp3) is 0.500. The van der Waals surface area contributed by atoms with Gasteiger partial charge in [-0.25, -0.2) is 0 Å². The smallest absolute Gasteiger partial charge is 0.434 e. The summed E-state index contributed by atoms with van der Waals surface area (Å²) in [7, 11) is 0. The van der Waals surface area contributed by atoms with Gasteiger partial charge in [0.05, 0.1) is 11.9 Å². The molecule has 0 aromatic carbocycles. The Morgan fingerprint density at radius 1 is 1.11 bits per heavy atom. The molecule has 1 rings (SSSR count). The lowest BCUT2D eigenvalue weighted by Crippen LogP contribution is -2.46. The number of nitrogens with two attached hydrogens (primary N) is 1. The van der Waals surface area contributed by atoms with Crippen molar-refractivity contribution in [2.75, 3.05) is 0 Å². The van der Waals surface area contributed by atoms with Crippen molar-refractivity contribution >= 4 is 0 Å². The summed E-state index contributed by atoms with van der Waals surface area (Å²) >= 11 is 0. The monoisotopic (exact) mass is 288 g/mol. The van der Waals surface area contributed by atoms with Crippen LogP contribution in [0.5, 0.6) is 5.75 Å². The lowest BCUT2D eigenvalue weighted by Gasteiger charge is -2.23. The van der Waals surface area contributed by atoms with Gasteiger partial charge in [0.15, 0.2) is 0 Å². The van der Waals surface area contributed by atoms with E-state index in [4.69, 9.17) is 5.73 Å². The second-order valence-corrected chi connectivity index (χ2v) is 3.79. The van der Waals surface area contributed by atoms with Gasteiger partial charge >= 0.3 is 12.4 Å². The number of alkyl halides is 6. The van der Waals surface area contributed by atoms with Crippen molar-refractivity contribution in [2.24, 2.45) is 5.73 Å². The Morgan fingerprint density at radius 3 is 1.95 bits per heavy atom. The van der Waals surface area contributed by atoms with Gasteiger partial charge in [-0.05, 0) is 19.1 Å². The number of nitrogens with zero attached hydrogens (tertiary/aromatic N) is 1. The van der Waals surface area contributed by atoms with Crippen LogP contribution >= 0.6 is 0 Å². The summed E-state index contributed by atoms with van der Waals surface area (Å²) < 4.78 is 77.3. The standard InChI is InChI=1S/C10H10F6N2O/c1-5(17)7-3-2-6(4-18-7)19-8(9(11,12)13)10(14,15)16/h2-5,8H,17H2,1H3. The Bertz CT molecular complexity index is 398. The molecular formula is C10H10F6N2O. The lowest BCUT2D eigenvalue weighted by molar-refractivity contribution is -0.299. The first kappa shape index (κ1) is 15.5. The molecule has 1 atom stereocenters.